The van der Waals surface area contributed by atoms with Crippen LogP contribution in [-0.2, 0) is 0 Å². The maximum atomic E-state index is 12.7. The number of rotatable bonds is 4. The Hall–Kier alpha value is -2.86. The molecule has 4 rings (SSSR count). The first-order valence-electron chi connectivity index (χ1n) is 9.08. The van der Waals surface area contributed by atoms with E-state index in [1.54, 1.807) is 13.3 Å². The minimum absolute atomic E-state index is 0.0654. The molecule has 1 aliphatic rings. The highest BCUT2D eigenvalue weighted by Crippen LogP contribution is 2.31. The lowest BCUT2D eigenvalue weighted by Gasteiger charge is -2.41. The first kappa shape index (κ1) is 18.5. The molecule has 0 atom stereocenters. The number of fused-ring (bicyclic) bond motifs is 1. The quantitative estimate of drug-likeness (QED) is 0.730. The molecule has 0 unspecified atom stereocenters. The molecule has 0 radical (unpaired) electrons. The Balaban J connectivity index is 1.44. The maximum absolute atomic E-state index is 12.7. The molecule has 0 bridgehead atoms. The van der Waals surface area contributed by atoms with Gasteiger partial charge >= 0.3 is 0 Å². The van der Waals surface area contributed by atoms with Gasteiger partial charge in [-0.1, -0.05) is 11.6 Å². The number of anilines is 1. The summed E-state index contributed by atoms with van der Waals surface area (Å²) in [6, 6.07) is 9.54. The normalized spacial score (nSPS) is 14.1. The van der Waals surface area contributed by atoms with E-state index in [4.69, 9.17) is 16.3 Å². The van der Waals surface area contributed by atoms with Crippen molar-refractivity contribution >= 4 is 34.1 Å². The summed E-state index contributed by atoms with van der Waals surface area (Å²) in [6.45, 7) is 5.38. The van der Waals surface area contributed by atoms with Crippen molar-refractivity contribution in [1.82, 2.24) is 15.3 Å². The summed E-state index contributed by atoms with van der Waals surface area (Å²) in [5.74, 6) is 0.437. The largest absolute Gasteiger partial charge is 0.481 e. The molecule has 0 aliphatic carbocycles. The molecule has 3 aromatic rings. The Labute approximate surface area is 168 Å². The van der Waals surface area contributed by atoms with Gasteiger partial charge in [0.05, 0.1) is 35.6 Å². The molecule has 3 heterocycles. The van der Waals surface area contributed by atoms with E-state index in [2.05, 4.69) is 20.2 Å². The summed E-state index contributed by atoms with van der Waals surface area (Å²) in [4.78, 5) is 23.4. The summed E-state index contributed by atoms with van der Waals surface area (Å²) in [7, 11) is 1.57. The van der Waals surface area contributed by atoms with Gasteiger partial charge in [-0.15, -0.1) is 0 Å². The summed E-state index contributed by atoms with van der Waals surface area (Å²) >= 11 is 6.24. The third-order valence-corrected chi connectivity index (χ3v) is 5.27. The van der Waals surface area contributed by atoms with Gasteiger partial charge in [0.25, 0.3) is 5.91 Å². The Morgan fingerprint density at radius 1 is 1.25 bits per heavy atom. The molecule has 1 aliphatic heterocycles. The molecule has 0 spiro atoms. The molecule has 28 heavy (non-hydrogen) atoms. The smallest absolute Gasteiger partial charge is 0.251 e. The molecule has 144 valence electrons. The fraction of sp³-hybridized carbons (Fsp3) is 0.286. The zero-order chi connectivity index (χ0) is 19.8. The fourth-order valence-electron chi connectivity index (χ4n) is 3.50. The van der Waals surface area contributed by atoms with Crippen LogP contribution in [0, 0.1) is 13.8 Å². The number of nitrogens with one attached hydrogen (secondary N) is 1. The van der Waals surface area contributed by atoms with Crippen LogP contribution in [-0.4, -0.2) is 42.1 Å². The lowest BCUT2D eigenvalue weighted by Crippen LogP contribution is -2.59. The minimum Gasteiger partial charge on any atom is -0.481 e. The number of pyridine rings is 2. The predicted octanol–water partition coefficient (Wildman–Crippen LogP) is 3.53. The monoisotopic (exact) mass is 396 g/mol. The van der Waals surface area contributed by atoms with E-state index in [1.165, 1.54) is 0 Å². The molecular formula is C21H21ClN4O2. The molecular weight excluding hydrogens is 376 g/mol. The number of aromatic nitrogens is 2. The number of carbonyl (C=O) groups excluding carboxylic acids is 1. The van der Waals surface area contributed by atoms with Gasteiger partial charge in [-0.25, -0.2) is 4.98 Å². The number of hydrogen-bond donors (Lipinski definition) is 1. The second kappa shape index (κ2) is 7.28. The van der Waals surface area contributed by atoms with E-state index in [1.807, 2.05) is 44.2 Å². The lowest BCUT2D eigenvalue weighted by molar-refractivity contribution is 0.0930. The van der Waals surface area contributed by atoms with Crippen molar-refractivity contribution < 1.29 is 9.53 Å². The van der Waals surface area contributed by atoms with E-state index in [-0.39, 0.29) is 11.9 Å². The van der Waals surface area contributed by atoms with E-state index in [0.29, 0.717) is 29.6 Å². The van der Waals surface area contributed by atoms with E-state index in [0.717, 1.165) is 27.8 Å². The molecule has 1 amide bonds. The predicted molar refractivity (Wildman–Crippen MR) is 110 cm³/mol. The highest BCUT2D eigenvalue weighted by Gasteiger charge is 2.30. The summed E-state index contributed by atoms with van der Waals surface area (Å²) in [5, 5.41) is 4.66. The van der Waals surface area contributed by atoms with Crippen LogP contribution in [0.4, 0.5) is 5.69 Å². The van der Waals surface area contributed by atoms with Crippen LogP contribution in [0.5, 0.6) is 5.88 Å². The zero-order valence-electron chi connectivity index (χ0n) is 16.0. The number of halogens is 1. The molecule has 1 fully saturated rings. The van der Waals surface area contributed by atoms with Gasteiger partial charge in [-0.2, -0.15) is 0 Å². The third kappa shape index (κ3) is 3.47. The number of aryl methyl sites for hydroxylation is 2. The highest BCUT2D eigenvalue weighted by atomic mass is 35.5. The van der Waals surface area contributed by atoms with E-state index < -0.39 is 0 Å². The lowest BCUT2D eigenvalue weighted by atomic mass is 10.0. The van der Waals surface area contributed by atoms with Crippen LogP contribution in [0.25, 0.3) is 10.9 Å². The van der Waals surface area contributed by atoms with Crippen molar-refractivity contribution in [2.45, 2.75) is 19.9 Å². The third-order valence-electron chi connectivity index (χ3n) is 4.98. The molecule has 1 saturated heterocycles. The number of hydrogen-bond acceptors (Lipinski definition) is 5. The second-order valence-electron chi connectivity index (χ2n) is 7.07. The molecule has 1 N–H and O–H groups in total. The van der Waals surface area contributed by atoms with Gasteiger partial charge in [0.1, 0.15) is 0 Å². The van der Waals surface area contributed by atoms with E-state index >= 15 is 0 Å². The van der Waals surface area contributed by atoms with Gasteiger partial charge in [0, 0.05) is 35.8 Å². The average Bonchev–Trinajstić information content (AvgIpc) is 2.64. The zero-order valence-corrected chi connectivity index (χ0v) is 16.7. The number of benzene rings is 1. The van der Waals surface area contributed by atoms with Crippen LogP contribution in [0.3, 0.4) is 0 Å². The Bertz CT molecular complexity index is 1060. The van der Waals surface area contributed by atoms with Gasteiger partial charge in [-0.05, 0) is 43.7 Å². The van der Waals surface area contributed by atoms with Crippen molar-refractivity contribution in [1.29, 1.82) is 0 Å². The van der Waals surface area contributed by atoms with Gasteiger partial charge in [0.2, 0.25) is 5.88 Å². The molecule has 6 nitrogen and oxygen atoms in total. The van der Waals surface area contributed by atoms with Crippen molar-refractivity contribution in [3.63, 3.8) is 0 Å². The van der Waals surface area contributed by atoms with Gasteiger partial charge in [0.15, 0.2) is 0 Å². The first-order valence-corrected chi connectivity index (χ1v) is 9.46. The molecule has 1 aromatic carbocycles. The first-order chi connectivity index (χ1) is 13.4. The Morgan fingerprint density at radius 3 is 2.79 bits per heavy atom. The number of amides is 1. The topological polar surface area (TPSA) is 67.3 Å². The van der Waals surface area contributed by atoms with Crippen molar-refractivity contribution in [3.8, 4) is 5.88 Å². The maximum Gasteiger partial charge on any atom is 0.251 e. The minimum atomic E-state index is -0.0788. The molecule has 0 saturated carbocycles. The highest BCUT2D eigenvalue weighted by molar-refractivity contribution is 6.33. The fourth-order valence-corrected chi connectivity index (χ4v) is 3.73. The second-order valence-corrected chi connectivity index (χ2v) is 7.47. The number of ether oxygens (including phenoxy) is 1. The number of methoxy groups -OCH3 is 1. The SMILES string of the molecule is COc1cc(N2CC(NC(=O)c3ccc4nc(C)cc(C)c4c3)C2)c(Cl)cn1. The summed E-state index contributed by atoms with van der Waals surface area (Å²) in [5.41, 5.74) is 4.51. The van der Waals surface area contributed by atoms with Crippen molar-refractivity contribution in [2.24, 2.45) is 0 Å². The Kier molecular flexibility index (Phi) is 4.81. The van der Waals surface area contributed by atoms with Gasteiger partial charge < -0.3 is 15.0 Å². The summed E-state index contributed by atoms with van der Waals surface area (Å²) < 4.78 is 5.16. The van der Waals surface area contributed by atoms with Crippen LogP contribution in [0.15, 0.2) is 36.5 Å². The van der Waals surface area contributed by atoms with Crippen molar-refractivity contribution in [2.75, 3.05) is 25.1 Å². The molecule has 2 aromatic heterocycles. The standard InChI is InChI=1S/C21H21ClN4O2/c1-12-6-13(2)24-18-5-4-14(7-16(12)18)21(27)25-15-10-26(11-15)19-8-20(28-3)23-9-17(19)22/h4-9,15H,10-11H2,1-3H3,(H,25,27). The van der Waals surface area contributed by atoms with Crippen LogP contribution in [0.2, 0.25) is 5.02 Å². The van der Waals surface area contributed by atoms with E-state index in [9.17, 15) is 4.79 Å². The number of carbonyl (C=O) groups is 1. The van der Waals surface area contributed by atoms with Crippen LogP contribution in [0.1, 0.15) is 21.6 Å². The average molecular weight is 397 g/mol. The van der Waals surface area contributed by atoms with Crippen LogP contribution < -0.4 is 15.0 Å². The van der Waals surface area contributed by atoms with Crippen molar-refractivity contribution in [3.05, 3.63) is 58.4 Å². The summed E-state index contributed by atoms with van der Waals surface area (Å²) in [6.07, 6.45) is 1.58. The Morgan fingerprint density at radius 2 is 2.04 bits per heavy atom. The van der Waals surface area contributed by atoms with Crippen LogP contribution >= 0.6 is 11.6 Å². The van der Waals surface area contributed by atoms with Gasteiger partial charge in [-0.3, -0.25) is 9.78 Å². The molecule has 7 heteroatoms. The number of nitrogens with zero attached hydrogens (tertiary/aromatic N) is 3.